The van der Waals surface area contributed by atoms with E-state index in [0.717, 1.165) is 16.9 Å². The van der Waals surface area contributed by atoms with Crippen LogP contribution in [0.3, 0.4) is 0 Å². The van der Waals surface area contributed by atoms with E-state index >= 15 is 0 Å². The lowest BCUT2D eigenvalue weighted by Gasteiger charge is -2.00. The van der Waals surface area contributed by atoms with Crippen LogP contribution in [-0.2, 0) is 16.3 Å². The minimum Gasteiger partial charge on any atom is -0.293 e. The molecule has 0 amide bonds. The van der Waals surface area contributed by atoms with Crippen LogP contribution in [0.15, 0.2) is 11.4 Å². The SMILES string of the molecule is CCc1ccsc1C(=O)CCCS(C)(=O)=O. The van der Waals surface area contributed by atoms with Gasteiger partial charge in [0.15, 0.2) is 5.78 Å². The Bertz CT molecular complexity index is 457. The van der Waals surface area contributed by atoms with E-state index in [0.29, 0.717) is 12.8 Å². The van der Waals surface area contributed by atoms with Gasteiger partial charge in [0.05, 0.1) is 10.6 Å². The van der Waals surface area contributed by atoms with E-state index in [1.807, 2.05) is 18.4 Å². The lowest BCUT2D eigenvalue weighted by Crippen LogP contribution is -2.06. The van der Waals surface area contributed by atoms with Crippen LogP contribution in [0.2, 0.25) is 0 Å². The molecule has 1 heterocycles. The zero-order valence-corrected chi connectivity index (χ0v) is 11.2. The van der Waals surface area contributed by atoms with Crippen molar-refractivity contribution in [3.05, 3.63) is 21.9 Å². The summed E-state index contributed by atoms with van der Waals surface area (Å²) < 4.78 is 21.8. The molecule has 0 radical (unpaired) electrons. The summed E-state index contributed by atoms with van der Waals surface area (Å²) in [4.78, 5) is 12.6. The van der Waals surface area contributed by atoms with Gasteiger partial charge in [-0.1, -0.05) is 6.92 Å². The molecule has 0 unspecified atom stereocenters. The Morgan fingerprint density at radius 1 is 1.44 bits per heavy atom. The summed E-state index contributed by atoms with van der Waals surface area (Å²) in [6.45, 7) is 2.01. The quantitative estimate of drug-likeness (QED) is 0.738. The molecule has 1 aromatic heterocycles. The first kappa shape index (κ1) is 13.4. The van der Waals surface area contributed by atoms with Crippen molar-refractivity contribution in [1.82, 2.24) is 0 Å². The average molecular weight is 260 g/mol. The molecular weight excluding hydrogens is 244 g/mol. The number of carbonyl (C=O) groups excluding carboxylic acids is 1. The molecule has 0 N–H and O–H groups in total. The highest BCUT2D eigenvalue weighted by atomic mass is 32.2. The van der Waals surface area contributed by atoms with Crippen LogP contribution in [0.1, 0.15) is 35.0 Å². The largest absolute Gasteiger partial charge is 0.293 e. The maximum atomic E-state index is 11.8. The zero-order valence-electron chi connectivity index (χ0n) is 9.52. The van der Waals surface area contributed by atoms with Crippen molar-refractivity contribution in [2.45, 2.75) is 26.2 Å². The number of aryl methyl sites for hydroxylation is 1. The van der Waals surface area contributed by atoms with E-state index in [2.05, 4.69) is 0 Å². The Balaban J connectivity index is 2.54. The molecule has 16 heavy (non-hydrogen) atoms. The Morgan fingerprint density at radius 2 is 2.12 bits per heavy atom. The van der Waals surface area contributed by atoms with Gasteiger partial charge < -0.3 is 0 Å². The summed E-state index contributed by atoms with van der Waals surface area (Å²) >= 11 is 1.44. The van der Waals surface area contributed by atoms with Crippen molar-refractivity contribution < 1.29 is 13.2 Å². The van der Waals surface area contributed by atoms with Crippen molar-refractivity contribution in [3.8, 4) is 0 Å². The van der Waals surface area contributed by atoms with Crippen molar-refractivity contribution >= 4 is 27.0 Å². The summed E-state index contributed by atoms with van der Waals surface area (Å²) in [5, 5.41) is 1.91. The van der Waals surface area contributed by atoms with Gasteiger partial charge >= 0.3 is 0 Å². The minimum absolute atomic E-state index is 0.0653. The summed E-state index contributed by atoms with van der Waals surface area (Å²) in [6, 6.07) is 1.95. The second kappa shape index (κ2) is 5.59. The Labute approximate surface area is 100 Å². The molecule has 5 heteroatoms. The van der Waals surface area contributed by atoms with Gasteiger partial charge in [0.25, 0.3) is 0 Å². The van der Waals surface area contributed by atoms with Crippen LogP contribution in [0, 0.1) is 0 Å². The predicted octanol–water partition coefficient (Wildman–Crippen LogP) is 2.32. The molecule has 90 valence electrons. The third kappa shape index (κ3) is 4.06. The number of thiophene rings is 1. The fourth-order valence-corrected chi connectivity index (χ4v) is 3.10. The predicted molar refractivity (Wildman–Crippen MR) is 67.0 cm³/mol. The molecule has 0 aliphatic heterocycles. The molecule has 1 aromatic rings. The maximum Gasteiger partial charge on any atom is 0.173 e. The van der Waals surface area contributed by atoms with Crippen LogP contribution in [0.4, 0.5) is 0 Å². The number of sulfone groups is 1. The Kier molecular flexibility index (Phi) is 4.68. The number of hydrogen-bond donors (Lipinski definition) is 0. The molecule has 3 nitrogen and oxygen atoms in total. The fourth-order valence-electron chi connectivity index (χ4n) is 1.47. The molecule has 0 saturated heterocycles. The maximum absolute atomic E-state index is 11.8. The van der Waals surface area contributed by atoms with Crippen molar-refractivity contribution in [2.24, 2.45) is 0 Å². The third-order valence-corrected chi connectivity index (χ3v) is 4.33. The van der Waals surface area contributed by atoms with Crippen molar-refractivity contribution in [2.75, 3.05) is 12.0 Å². The summed E-state index contributed by atoms with van der Waals surface area (Å²) in [6.07, 6.45) is 2.77. The second-order valence-corrected chi connectivity index (χ2v) is 6.96. The number of Topliss-reactive ketones (excluding diaryl/α,β-unsaturated/α-hetero) is 1. The topological polar surface area (TPSA) is 51.2 Å². The first-order valence-corrected chi connectivity index (χ1v) is 8.15. The fraction of sp³-hybridized carbons (Fsp3) is 0.545. The second-order valence-electron chi connectivity index (χ2n) is 3.79. The van der Waals surface area contributed by atoms with Gasteiger partial charge in [0.2, 0.25) is 0 Å². The Hall–Kier alpha value is -0.680. The van der Waals surface area contributed by atoms with E-state index in [9.17, 15) is 13.2 Å². The molecule has 0 aromatic carbocycles. The van der Waals surface area contributed by atoms with E-state index in [4.69, 9.17) is 0 Å². The Morgan fingerprint density at radius 3 is 2.69 bits per heavy atom. The highest BCUT2D eigenvalue weighted by molar-refractivity contribution is 7.90. The van der Waals surface area contributed by atoms with Gasteiger partial charge in [-0.15, -0.1) is 11.3 Å². The minimum atomic E-state index is -2.95. The molecule has 0 aliphatic carbocycles. The van der Waals surface area contributed by atoms with Crippen LogP contribution in [0.25, 0.3) is 0 Å². The molecule has 0 saturated carbocycles. The van der Waals surface area contributed by atoms with Crippen molar-refractivity contribution in [3.63, 3.8) is 0 Å². The van der Waals surface area contributed by atoms with Crippen LogP contribution >= 0.6 is 11.3 Å². The zero-order chi connectivity index (χ0) is 12.2. The number of carbonyl (C=O) groups is 1. The van der Waals surface area contributed by atoms with Gasteiger partial charge in [-0.05, 0) is 29.9 Å². The standard InChI is InChI=1S/C11H16O3S2/c1-3-9-6-7-15-11(9)10(12)5-4-8-16(2,13)14/h6-7H,3-5,8H2,1-2H3. The van der Waals surface area contributed by atoms with Gasteiger partial charge in [0, 0.05) is 12.7 Å². The van der Waals surface area contributed by atoms with Crippen LogP contribution in [0.5, 0.6) is 0 Å². The van der Waals surface area contributed by atoms with E-state index < -0.39 is 9.84 Å². The van der Waals surface area contributed by atoms with Crippen LogP contribution in [-0.4, -0.2) is 26.2 Å². The first-order chi connectivity index (χ1) is 7.44. The number of ketones is 1. The van der Waals surface area contributed by atoms with Crippen LogP contribution < -0.4 is 0 Å². The van der Waals surface area contributed by atoms with Gasteiger partial charge in [-0.3, -0.25) is 4.79 Å². The average Bonchev–Trinajstić information content (AvgIpc) is 2.63. The first-order valence-electron chi connectivity index (χ1n) is 5.21. The van der Waals surface area contributed by atoms with Crippen molar-refractivity contribution in [1.29, 1.82) is 0 Å². The molecule has 0 bridgehead atoms. The molecule has 0 spiro atoms. The number of hydrogen-bond acceptors (Lipinski definition) is 4. The van der Waals surface area contributed by atoms with E-state index in [-0.39, 0.29) is 11.5 Å². The lowest BCUT2D eigenvalue weighted by molar-refractivity contribution is 0.0985. The molecule has 1 rings (SSSR count). The molecule has 0 aliphatic rings. The van der Waals surface area contributed by atoms with E-state index in [1.165, 1.54) is 17.6 Å². The highest BCUT2D eigenvalue weighted by Gasteiger charge is 2.12. The van der Waals surface area contributed by atoms with E-state index in [1.54, 1.807) is 0 Å². The lowest BCUT2D eigenvalue weighted by atomic mass is 10.1. The van der Waals surface area contributed by atoms with Gasteiger partial charge in [-0.25, -0.2) is 8.42 Å². The summed E-state index contributed by atoms with van der Waals surface area (Å²) in [5.74, 6) is 0.154. The molecule has 0 fully saturated rings. The van der Waals surface area contributed by atoms with Gasteiger partial charge in [0.1, 0.15) is 9.84 Å². The monoisotopic (exact) mass is 260 g/mol. The number of rotatable bonds is 6. The molecular formula is C11H16O3S2. The summed E-state index contributed by atoms with van der Waals surface area (Å²) in [5.41, 5.74) is 1.06. The normalized spacial score (nSPS) is 11.6. The highest BCUT2D eigenvalue weighted by Crippen LogP contribution is 2.19. The third-order valence-electron chi connectivity index (χ3n) is 2.30. The summed E-state index contributed by atoms with van der Waals surface area (Å²) in [7, 11) is -2.95. The molecule has 0 atom stereocenters. The van der Waals surface area contributed by atoms with Gasteiger partial charge in [-0.2, -0.15) is 0 Å². The smallest absolute Gasteiger partial charge is 0.173 e.